The van der Waals surface area contributed by atoms with E-state index in [9.17, 15) is 0 Å². The highest BCUT2D eigenvalue weighted by atomic mass is 14.3. The molecule has 0 unspecified atom stereocenters. The molecule has 66 valence electrons. The fourth-order valence-corrected chi connectivity index (χ4v) is 2.13. The molecule has 0 heteroatoms. The van der Waals surface area contributed by atoms with E-state index in [0.717, 1.165) is 11.8 Å². The second-order valence-electron chi connectivity index (χ2n) is 5.32. The minimum atomic E-state index is 0.556. The Morgan fingerprint density at radius 3 is 1.73 bits per heavy atom. The molecular formula is C11H22. The van der Waals surface area contributed by atoms with Crippen molar-refractivity contribution in [3.63, 3.8) is 0 Å². The summed E-state index contributed by atoms with van der Waals surface area (Å²) >= 11 is 0. The lowest BCUT2D eigenvalue weighted by molar-refractivity contribution is 0.155. The van der Waals surface area contributed by atoms with Crippen molar-refractivity contribution in [1.29, 1.82) is 0 Å². The lowest BCUT2D eigenvalue weighted by Gasteiger charge is -2.35. The van der Waals surface area contributed by atoms with Crippen molar-refractivity contribution >= 4 is 0 Å². The average Bonchev–Trinajstić information content (AvgIpc) is 1.86. The Morgan fingerprint density at radius 2 is 1.36 bits per heavy atom. The first kappa shape index (κ1) is 9.09. The van der Waals surface area contributed by atoms with Crippen LogP contribution in [0.1, 0.15) is 53.4 Å². The van der Waals surface area contributed by atoms with Gasteiger partial charge in [-0.25, -0.2) is 0 Å². The van der Waals surface area contributed by atoms with Gasteiger partial charge < -0.3 is 0 Å². The predicted molar refractivity (Wildman–Crippen MR) is 50.6 cm³/mol. The van der Waals surface area contributed by atoms with Crippen LogP contribution < -0.4 is 0 Å². The zero-order valence-electron chi connectivity index (χ0n) is 8.48. The summed E-state index contributed by atoms with van der Waals surface area (Å²) in [4.78, 5) is 0. The average molecular weight is 154 g/mol. The Kier molecular flexibility index (Phi) is 2.61. The topological polar surface area (TPSA) is 0 Å². The van der Waals surface area contributed by atoms with Crippen molar-refractivity contribution in [3.05, 3.63) is 0 Å². The van der Waals surface area contributed by atoms with Gasteiger partial charge >= 0.3 is 0 Å². The van der Waals surface area contributed by atoms with E-state index in [4.69, 9.17) is 0 Å². The van der Waals surface area contributed by atoms with Crippen LogP contribution in [-0.4, -0.2) is 0 Å². The van der Waals surface area contributed by atoms with Crippen LogP contribution in [0.4, 0.5) is 0 Å². The summed E-state index contributed by atoms with van der Waals surface area (Å²) in [7, 11) is 0. The van der Waals surface area contributed by atoms with Crippen LogP contribution >= 0.6 is 0 Å². The maximum Gasteiger partial charge on any atom is -0.0354 e. The van der Waals surface area contributed by atoms with E-state index in [-0.39, 0.29) is 0 Å². The molecule has 0 radical (unpaired) electrons. The number of hydrogen-bond acceptors (Lipinski definition) is 0. The van der Waals surface area contributed by atoms with E-state index in [1.165, 1.54) is 25.7 Å². The molecule has 1 rings (SSSR count). The van der Waals surface area contributed by atoms with Gasteiger partial charge in [0, 0.05) is 0 Å². The molecule has 0 saturated heterocycles. The smallest absolute Gasteiger partial charge is 0.0354 e. The highest BCUT2D eigenvalue weighted by Gasteiger charge is 2.27. The summed E-state index contributed by atoms with van der Waals surface area (Å²) in [6, 6.07) is 0. The summed E-state index contributed by atoms with van der Waals surface area (Å²) in [6.45, 7) is 9.54. The molecular weight excluding hydrogens is 132 g/mol. The monoisotopic (exact) mass is 154 g/mol. The molecule has 0 aromatic carbocycles. The molecule has 1 fully saturated rings. The van der Waals surface area contributed by atoms with Crippen molar-refractivity contribution in [2.24, 2.45) is 17.3 Å². The third kappa shape index (κ3) is 2.50. The van der Waals surface area contributed by atoms with Crippen LogP contribution in [0.5, 0.6) is 0 Å². The van der Waals surface area contributed by atoms with Gasteiger partial charge in [-0.2, -0.15) is 0 Å². The standard InChI is InChI=1S/C11H22/c1-9-5-7-10(8-6-9)11(2,3)4/h9-10H,5-8H2,1-4H3. The van der Waals surface area contributed by atoms with E-state index in [0.29, 0.717) is 5.41 Å². The number of rotatable bonds is 0. The number of hydrogen-bond donors (Lipinski definition) is 0. The molecule has 0 bridgehead atoms. The molecule has 0 aromatic heterocycles. The molecule has 0 spiro atoms. The minimum absolute atomic E-state index is 0.556. The summed E-state index contributed by atoms with van der Waals surface area (Å²) in [5.74, 6) is 1.98. The van der Waals surface area contributed by atoms with E-state index >= 15 is 0 Å². The van der Waals surface area contributed by atoms with Crippen LogP contribution in [0.15, 0.2) is 0 Å². The maximum atomic E-state index is 2.39. The van der Waals surface area contributed by atoms with Crippen molar-refractivity contribution in [2.45, 2.75) is 53.4 Å². The van der Waals surface area contributed by atoms with E-state index in [1.54, 1.807) is 0 Å². The van der Waals surface area contributed by atoms with Crippen LogP contribution in [0.2, 0.25) is 0 Å². The second-order valence-corrected chi connectivity index (χ2v) is 5.32. The third-order valence-corrected chi connectivity index (χ3v) is 3.24. The van der Waals surface area contributed by atoms with Gasteiger partial charge in [-0.3, -0.25) is 0 Å². The molecule has 0 aliphatic heterocycles. The molecule has 0 nitrogen and oxygen atoms in total. The van der Waals surface area contributed by atoms with Gasteiger partial charge in [-0.1, -0.05) is 40.5 Å². The van der Waals surface area contributed by atoms with Gasteiger partial charge in [-0.05, 0) is 30.1 Å². The van der Waals surface area contributed by atoms with Crippen molar-refractivity contribution < 1.29 is 0 Å². The quantitative estimate of drug-likeness (QED) is 0.497. The lowest BCUT2D eigenvalue weighted by atomic mass is 9.70. The zero-order valence-corrected chi connectivity index (χ0v) is 8.48. The largest absolute Gasteiger partial charge is 0.0625 e. The minimum Gasteiger partial charge on any atom is -0.0625 e. The Morgan fingerprint density at radius 1 is 0.909 bits per heavy atom. The summed E-state index contributed by atoms with van der Waals surface area (Å²) in [5, 5.41) is 0. The van der Waals surface area contributed by atoms with Crippen molar-refractivity contribution in [2.75, 3.05) is 0 Å². The highest BCUT2D eigenvalue weighted by Crippen LogP contribution is 2.39. The zero-order chi connectivity index (χ0) is 8.48. The van der Waals surface area contributed by atoms with Crippen molar-refractivity contribution in [1.82, 2.24) is 0 Å². The Hall–Kier alpha value is 0. The van der Waals surface area contributed by atoms with Gasteiger partial charge in [0.1, 0.15) is 0 Å². The lowest BCUT2D eigenvalue weighted by Crippen LogP contribution is -2.24. The van der Waals surface area contributed by atoms with Gasteiger partial charge in [0.05, 0.1) is 0 Å². The predicted octanol–water partition coefficient (Wildman–Crippen LogP) is 3.86. The SMILES string of the molecule is CC1CCC(C(C)(C)C)CC1. The van der Waals surface area contributed by atoms with E-state index < -0.39 is 0 Å². The maximum absolute atomic E-state index is 2.39. The van der Waals surface area contributed by atoms with Gasteiger partial charge in [-0.15, -0.1) is 0 Å². The van der Waals surface area contributed by atoms with E-state index in [1.807, 2.05) is 0 Å². The molecule has 1 saturated carbocycles. The first-order valence-electron chi connectivity index (χ1n) is 5.00. The van der Waals surface area contributed by atoms with Gasteiger partial charge in [0.2, 0.25) is 0 Å². The summed E-state index contributed by atoms with van der Waals surface area (Å²) in [6.07, 6.45) is 5.85. The Bertz CT molecular complexity index is 110. The fourth-order valence-electron chi connectivity index (χ4n) is 2.13. The van der Waals surface area contributed by atoms with E-state index in [2.05, 4.69) is 27.7 Å². The first-order chi connectivity index (χ1) is 5.00. The summed E-state index contributed by atoms with van der Waals surface area (Å²) < 4.78 is 0. The van der Waals surface area contributed by atoms with Gasteiger partial charge in [0.25, 0.3) is 0 Å². The van der Waals surface area contributed by atoms with Gasteiger partial charge in [0.15, 0.2) is 0 Å². The molecule has 0 heterocycles. The highest BCUT2D eigenvalue weighted by molar-refractivity contribution is 4.78. The fraction of sp³-hybridized carbons (Fsp3) is 1.00. The van der Waals surface area contributed by atoms with Crippen molar-refractivity contribution in [3.8, 4) is 0 Å². The second kappa shape index (κ2) is 3.16. The first-order valence-corrected chi connectivity index (χ1v) is 5.00. The Labute approximate surface area is 71.4 Å². The van der Waals surface area contributed by atoms with Crippen LogP contribution in [0.3, 0.4) is 0 Å². The molecule has 0 aromatic rings. The van der Waals surface area contributed by atoms with Crippen LogP contribution in [-0.2, 0) is 0 Å². The van der Waals surface area contributed by atoms with Crippen LogP contribution in [0, 0.1) is 17.3 Å². The molecule has 0 atom stereocenters. The third-order valence-electron chi connectivity index (χ3n) is 3.24. The molecule has 0 amide bonds. The molecule has 1 aliphatic rings. The molecule has 11 heavy (non-hydrogen) atoms. The molecule has 0 N–H and O–H groups in total. The Balaban J connectivity index is 2.39. The molecule has 1 aliphatic carbocycles. The normalized spacial score (nSPS) is 33.8. The summed E-state index contributed by atoms with van der Waals surface area (Å²) in [5.41, 5.74) is 0.556. The van der Waals surface area contributed by atoms with Crippen LogP contribution in [0.25, 0.3) is 0 Å².